The fraction of sp³-hybridized carbons (Fsp3) is 0.222. The number of hydrogen-bond donors (Lipinski definition) is 2. The second-order valence-electron chi connectivity index (χ2n) is 5.56. The molecule has 1 aliphatic heterocycles. The zero-order chi connectivity index (χ0) is 18.5. The molecule has 0 aromatic heterocycles. The maximum atomic E-state index is 12.2. The van der Waals surface area contributed by atoms with Gasteiger partial charge in [0.15, 0.2) is 11.5 Å². The van der Waals surface area contributed by atoms with E-state index in [2.05, 4.69) is 10.9 Å². The highest BCUT2D eigenvalue weighted by atomic mass is 35.5. The predicted molar refractivity (Wildman–Crippen MR) is 99.4 cm³/mol. The van der Waals surface area contributed by atoms with E-state index in [1.165, 1.54) is 11.8 Å². The zero-order valence-electron chi connectivity index (χ0n) is 13.9. The lowest BCUT2D eigenvalue weighted by molar-refractivity contribution is -0.134. The number of fused-ring (bicyclic) bond motifs is 1. The van der Waals surface area contributed by atoms with Crippen LogP contribution in [-0.2, 0) is 9.59 Å². The van der Waals surface area contributed by atoms with Gasteiger partial charge in [0.2, 0.25) is 6.10 Å². The number of thioether (sulfide) groups is 1. The molecule has 0 bridgehead atoms. The van der Waals surface area contributed by atoms with Crippen LogP contribution in [0.15, 0.2) is 53.4 Å². The van der Waals surface area contributed by atoms with Gasteiger partial charge in [0.05, 0.1) is 5.25 Å². The summed E-state index contributed by atoms with van der Waals surface area (Å²) in [5.74, 6) is 0.289. The van der Waals surface area contributed by atoms with Crippen LogP contribution in [0.5, 0.6) is 11.5 Å². The lowest BCUT2D eigenvalue weighted by atomic mass is 10.2. The van der Waals surface area contributed by atoms with Gasteiger partial charge in [0.25, 0.3) is 11.8 Å². The van der Waals surface area contributed by atoms with Gasteiger partial charge in [0.1, 0.15) is 6.61 Å². The van der Waals surface area contributed by atoms with Gasteiger partial charge in [-0.1, -0.05) is 23.7 Å². The van der Waals surface area contributed by atoms with Crippen molar-refractivity contribution in [2.75, 3.05) is 6.61 Å². The highest BCUT2D eigenvalue weighted by molar-refractivity contribution is 8.00. The van der Waals surface area contributed by atoms with Crippen molar-refractivity contribution >= 4 is 35.2 Å². The first kappa shape index (κ1) is 18.4. The van der Waals surface area contributed by atoms with Crippen LogP contribution >= 0.6 is 23.4 Å². The molecule has 2 amide bonds. The average molecular weight is 393 g/mol. The Morgan fingerprint density at radius 2 is 1.81 bits per heavy atom. The lowest BCUT2D eigenvalue weighted by Crippen LogP contribution is -2.52. The van der Waals surface area contributed by atoms with Crippen molar-refractivity contribution < 1.29 is 19.1 Å². The summed E-state index contributed by atoms with van der Waals surface area (Å²) in [6.45, 7) is 1.82. The molecule has 0 radical (unpaired) electrons. The molecule has 0 spiro atoms. The molecule has 1 aliphatic rings. The molecule has 2 atom stereocenters. The standard InChI is InChI=1S/C18H17ClN2O4S/c1-11(26-13-8-6-12(19)7-9-13)17(22)20-21-18(23)16-10-24-14-4-2-3-5-15(14)25-16/h2-9,11,16H,10H2,1H3,(H,20,22)(H,21,23). The Morgan fingerprint density at radius 1 is 1.12 bits per heavy atom. The largest absolute Gasteiger partial charge is 0.485 e. The van der Waals surface area contributed by atoms with Crippen LogP contribution in [0, 0.1) is 0 Å². The minimum Gasteiger partial charge on any atom is -0.485 e. The molecule has 0 aliphatic carbocycles. The minimum absolute atomic E-state index is 0.0772. The molecule has 3 rings (SSSR count). The summed E-state index contributed by atoms with van der Waals surface area (Å²) in [4.78, 5) is 25.2. The van der Waals surface area contributed by atoms with Crippen molar-refractivity contribution in [3.05, 3.63) is 53.6 Å². The molecular weight excluding hydrogens is 376 g/mol. The Bertz CT molecular complexity index is 800. The molecule has 6 nitrogen and oxygen atoms in total. The van der Waals surface area contributed by atoms with Gasteiger partial charge in [-0.25, -0.2) is 0 Å². The van der Waals surface area contributed by atoms with Crippen LogP contribution < -0.4 is 20.3 Å². The molecule has 2 N–H and O–H groups in total. The summed E-state index contributed by atoms with van der Waals surface area (Å²) in [5.41, 5.74) is 4.80. The van der Waals surface area contributed by atoms with Crippen molar-refractivity contribution in [2.24, 2.45) is 0 Å². The number of halogens is 1. The van der Waals surface area contributed by atoms with Gasteiger partial charge >= 0.3 is 0 Å². The molecule has 0 fully saturated rings. The van der Waals surface area contributed by atoms with E-state index in [1.807, 2.05) is 18.2 Å². The molecule has 2 unspecified atom stereocenters. The third kappa shape index (κ3) is 4.62. The number of ether oxygens (including phenoxy) is 2. The normalized spacial score (nSPS) is 16.5. The van der Waals surface area contributed by atoms with E-state index in [-0.39, 0.29) is 12.5 Å². The van der Waals surface area contributed by atoms with E-state index >= 15 is 0 Å². The summed E-state index contributed by atoms with van der Waals surface area (Å²) in [5, 5.41) is 0.232. The number of nitrogens with one attached hydrogen (secondary N) is 2. The van der Waals surface area contributed by atoms with Crippen molar-refractivity contribution in [3.63, 3.8) is 0 Å². The van der Waals surface area contributed by atoms with Gasteiger partial charge in [-0.05, 0) is 43.3 Å². The number of amides is 2. The maximum Gasteiger partial charge on any atom is 0.283 e. The molecule has 2 aromatic carbocycles. The first-order valence-corrected chi connectivity index (χ1v) is 9.19. The summed E-state index contributed by atoms with van der Waals surface area (Å²) in [7, 11) is 0. The fourth-order valence-electron chi connectivity index (χ4n) is 2.22. The summed E-state index contributed by atoms with van der Waals surface area (Å²) < 4.78 is 11.1. The first-order chi connectivity index (χ1) is 12.5. The van der Waals surface area contributed by atoms with E-state index in [0.717, 1.165) is 4.90 Å². The molecule has 136 valence electrons. The van der Waals surface area contributed by atoms with E-state index < -0.39 is 17.3 Å². The summed E-state index contributed by atoms with van der Waals surface area (Å²) in [6.07, 6.45) is -0.829. The van der Waals surface area contributed by atoms with Crippen molar-refractivity contribution in [1.82, 2.24) is 10.9 Å². The Labute approximate surface area is 160 Å². The third-order valence-electron chi connectivity index (χ3n) is 3.61. The summed E-state index contributed by atoms with van der Waals surface area (Å²) in [6, 6.07) is 14.3. The number of carbonyl (C=O) groups excluding carboxylic acids is 2. The van der Waals surface area contributed by atoms with Crippen LogP contribution in [-0.4, -0.2) is 29.8 Å². The van der Waals surface area contributed by atoms with Gasteiger partial charge < -0.3 is 9.47 Å². The lowest BCUT2D eigenvalue weighted by Gasteiger charge is -2.25. The van der Waals surface area contributed by atoms with Gasteiger partial charge in [-0.3, -0.25) is 20.4 Å². The molecule has 0 saturated carbocycles. The number of para-hydroxylation sites is 2. The minimum atomic E-state index is -0.829. The van der Waals surface area contributed by atoms with Crippen molar-refractivity contribution in [2.45, 2.75) is 23.2 Å². The number of hydrogen-bond acceptors (Lipinski definition) is 5. The van der Waals surface area contributed by atoms with Crippen LogP contribution in [0.2, 0.25) is 5.02 Å². The summed E-state index contributed by atoms with van der Waals surface area (Å²) >= 11 is 7.20. The van der Waals surface area contributed by atoms with E-state index in [4.69, 9.17) is 21.1 Å². The smallest absolute Gasteiger partial charge is 0.283 e. The molecule has 8 heteroatoms. The Hall–Kier alpha value is -2.38. The topological polar surface area (TPSA) is 76.7 Å². The molecular formula is C18H17ClN2O4S. The second kappa shape index (κ2) is 8.33. The van der Waals surface area contributed by atoms with E-state index in [1.54, 1.807) is 37.3 Å². The fourth-order valence-corrected chi connectivity index (χ4v) is 3.22. The number of hydrazine groups is 1. The Morgan fingerprint density at radius 3 is 2.54 bits per heavy atom. The molecule has 2 aromatic rings. The first-order valence-electron chi connectivity index (χ1n) is 7.93. The van der Waals surface area contributed by atoms with E-state index in [0.29, 0.717) is 16.5 Å². The van der Waals surface area contributed by atoms with Gasteiger partial charge in [-0.15, -0.1) is 11.8 Å². The molecule has 26 heavy (non-hydrogen) atoms. The van der Waals surface area contributed by atoms with Crippen molar-refractivity contribution in [3.8, 4) is 11.5 Å². The Kier molecular flexibility index (Phi) is 5.90. The SMILES string of the molecule is CC(Sc1ccc(Cl)cc1)C(=O)NNC(=O)C1COc2ccccc2O1. The number of benzene rings is 2. The van der Waals surface area contributed by atoms with E-state index in [9.17, 15) is 9.59 Å². The number of carbonyl (C=O) groups is 2. The van der Waals surface area contributed by atoms with Crippen molar-refractivity contribution in [1.29, 1.82) is 0 Å². The Balaban J connectivity index is 1.48. The maximum absolute atomic E-state index is 12.2. The molecule has 1 heterocycles. The average Bonchev–Trinajstić information content (AvgIpc) is 2.67. The van der Waals surface area contributed by atoms with Crippen LogP contribution in [0.1, 0.15) is 6.92 Å². The third-order valence-corrected chi connectivity index (χ3v) is 4.97. The molecule has 0 saturated heterocycles. The van der Waals surface area contributed by atoms with Crippen LogP contribution in [0.3, 0.4) is 0 Å². The zero-order valence-corrected chi connectivity index (χ0v) is 15.5. The second-order valence-corrected chi connectivity index (χ2v) is 7.41. The monoisotopic (exact) mass is 392 g/mol. The van der Waals surface area contributed by atoms with Gasteiger partial charge in [-0.2, -0.15) is 0 Å². The highest BCUT2D eigenvalue weighted by Crippen LogP contribution is 2.30. The quantitative estimate of drug-likeness (QED) is 0.618. The number of rotatable bonds is 4. The van der Waals surface area contributed by atoms with Crippen LogP contribution in [0.4, 0.5) is 0 Å². The predicted octanol–water partition coefficient (Wildman–Crippen LogP) is 2.81. The van der Waals surface area contributed by atoms with Crippen LogP contribution in [0.25, 0.3) is 0 Å². The highest BCUT2D eigenvalue weighted by Gasteiger charge is 2.28. The van der Waals surface area contributed by atoms with Gasteiger partial charge in [0, 0.05) is 9.92 Å².